The second-order valence-electron chi connectivity index (χ2n) is 5.01. The molecule has 2 rings (SSSR count). The molecule has 2 N–H and O–H groups in total. The van der Waals surface area contributed by atoms with Crippen molar-refractivity contribution in [3.05, 3.63) is 42.1 Å². The highest BCUT2D eigenvalue weighted by Crippen LogP contribution is 2.21. The first-order chi connectivity index (χ1) is 10.3. The Hall–Kier alpha value is -2.14. The summed E-state index contributed by atoms with van der Waals surface area (Å²) in [5.74, 6) is -0.584. The number of nitrogens with zero attached hydrogens (tertiary/aromatic N) is 2. The number of aryl methyl sites for hydroxylation is 1. The highest BCUT2D eigenvalue weighted by atomic mass is 16.5. The molecule has 0 aliphatic heterocycles. The Morgan fingerprint density at radius 2 is 2.00 bits per heavy atom. The minimum absolute atomic E-state index is 0.229. The van der Waals surface area contributed by atoms with Crippen LogP contribution in [0.4, 0.5) is 0 Å². The van der Waals surface area contributed by atoms with E-state index >= 15 is 0 Å². The van der Waals surface area contributed by atoms with Gasteiger partial charge in [-0.25, -0.2) is 5.48 Å². The fourth-order valence-corrected chi connectivity index (χ4v) is 2.29. The number of nitrogens with one attached hydrogen (secondary N) is 1. The lowest BCUT2D eigenvalue weighted by Gasteiger charge is -2.07. The largest absolute Gasteiger partial charge is 0.295 e. The molecule has 0 spiro atoms. The van der Waals surface area contributed by atoms with Gasteiger partial charge in [-0.05, 0) is 18.1 Å². The number of aromatic nitrogens is 2. The third-order valence-electron chi connectivity index (χ3n) is 3.41. The first-order valence-corrected chi connectivity index (χ1v) is 7.34. The Balaban J connectivity index is 2.23. The van der Waals surface area contributed by atoms with E-state index in [-0.39, 0.29) is 5.69 Å². The van der Waals surface area contributed by atoms with E-state index < -0.39 is 5.91 Å². The molecule has 5 nitrogen and oxygen atoms in total. The lowest BCUT2D eigenvalue weighted by Crippen LogP contribution is -2.19. The van der Waals surface area contributed by atoms with E-state index in [9.17, 15) is 4.79 Å². The number of benzene rings is 1. The molecule has 1 amide bonds. The fourth-order valence-electron chi connectivity index (χ4n) is 2.29. The van der Waals surface area contributed by atoms with Crippen LogP contribution in [0.15, 0.2) is 36.4 Å². The Kier molecular flexibility index (Phi) is 5.51. The fraction of sp³-hybridized carbons (Fsp3) is 0.375. The summed E-state index contributed by atoms with van der Waals surface area (Å²) in [6, 6.07) is 11.5. The van der Waals surface area contributed by atoms with E-state index in [1.807, 2.05) is 35.0 Å². The molecule has 0 saturated heterocycles. The quantitative estimate of drug-likeness (QED) is 0.466. The third-order valence-corrected chi connectivity index (χ3v) is 3.41. The topological polar surface area (TPSA) is 67.2 Å². The number of unbranched alkanes of at least 4 members (excludes halogenated alkanes) is 3. The number of carbonyl (C=O) groups excluding carboxylic acids is 1. The van der Waals surface area contributed by atoms with Crippen LogP contribution in [0.3, 0.4) is 0 Å². The zero-order valence-corrected chi connectivity index (χ0v) is 12.2. The van der Waals surface area contributed by atoms with Crippen molar-refractivity contribution >= 4 is 5.91 Å². The van der Waals surface area contributed by atoms with Crippen LogP contribution in [0.2, 0.25) is 0 Å². The Bertz CT molecular complexity index is 578. The molecule has 1 heterocycles. The summed E-state index contributed by atoms with van der Waals surface area (Å²) < 4.78 is 1.84. The molecule has 0 radical (unpaired) electrons. The van der Waals surface area contributed by atoms with Gasteiger partial charge in [0.15, 0.2) is 5.69 Å². The van der Waals surface area contributed by atoms with Crippen LogP contribution in [0, 0.1) is 0 Å². The zero-order valence-electron chi connectivity index (χ0n) is 12.2. The van der Waals surface area contributed by atoms with Gasteiger partial charge in [0.25, 0.3) is 5.91 Å². The zero-order chi connectivity index (χ0) is 15.1. The summed E-state index contributed by atoms with van der Waals surface area (Å²) in [4.78, 5) is 11.5. The number of hydrogen-bond acceptors (Lipinski definition) is 3. The molecule has 1 aromatic heterocycles. The van der Waals surface area contributed by atoms with Gasteiger partial charge in [0.2, 0.25) is 0 Å². The van der Waals surface area contributed by atoms with Gasteiger partial charge in [-0.1, -0.05) is 56.5 Å². The molecule has 0 atom stereocenters. The van der Waals surface area contributed by atoms with Crippen molar-refractivity contribution < 1.29 is 10.0 Å². The minimum Gasteiger partial charge on any atom is -0.288 e. The van der Waals surface area contributed by atoms with Gasteiger partial charge in [-0.3, -0.25) is 14.7 Å². The van der Waals surface area contributed by atoms with Crippen LogP contribution in [-0.2, 0) is 6.54 Å². The Labute approximate surface area is 124 Å². The first-order valence-electron chi connectivity index (χ1n) is 7.34. The van der Waals surface area contributed by atoms with Gasteiger partial charge in [0, 0.05) is 6.54 Å². The average molecular weight is 287 g/mol. The molecule has 0 aliphatic rings. The molecule has 0 aliphatic carbocycles. The maximum absolute atomic E-state index is 11.5. The summed E-state index contributed by atoms with van der Waals surface area (Å²) in [5.41, 5.74) is 3.77. The van der Waals surface area contributed by atoms with Crippen LogP contribution in [0.1, 0.15) is 43.1 Å². The maximum Gasteiger partial charge on any atom is 0.295 e. The van der Waals surface area contributed by atoms with E-state index in [2.05, 4.69) is 12.0 Å². The number of carbonyl (C=O) groups is 1. The van der Waals surface area contributed by atoms with E-state index in [0.29, 0.717) is 0 Å². The van der Waals surface area contributed by atoms with Crippen molar-refractivity contribution in [1.29, 1.82) is 0 Å². The first kappa shape index (κ1) is 15.3. The number of hydrogen-bond donors (Lipinski definition) is 2. The van der Waals surface area contributed by atoms with Gasteiger partial charge >= 0.3 is 0 Å². The maximum atomic E-state index is 11.5. The standard InChI is InChI=1S/C16H21N3O2/c1-2-3-4-8-11-19-15(13-9-6-5-7-10-13)12-14(17-19)16(20)18-21/h5-7,9-10,12,21H,2-4,8,11H2,1H3,(H,18,20). The van der Waals surface area contributed by atoms with Crippen molar-refractivity contribution in [2.45, 2.75) is 39.2 Å². The summed E-state index contributed by atoms with van der Waals surface area (Å²) in [6.45, 7) is 2.94. The van der Waals surface area contributed by atoms with Gasteiger partial charge < -0.3 is 0 Å². The SMILES string of the molecule is CCCCCCn1nc(C(=O)NO)cc1-c1ccccc1. The molecule has 0 unspecified atom stereocenters. The lowest BCUT2D eigenvalue weighted by atomic mass is 10.1. The van der Waals surface area contributed by atoms with Crippen molar-refractivity contribution in [1.82, 2.24) is 15.3 Å². The summed E-state index contributed by atoms with van der Waals surface area (Å²) in [7, 11) is 0. The molecule has 0 bridgehead atoms. The summed E-state index contributed by atoms with van der Waals surface area (Å²) in [5, 5.41) is 13.1. The molecule has 112 valence electrons. The van der Waals surface area contributed by atoms with Crippen molar-refractivity contribution in [2.75, 3.05) is 0 Å². The molecule has 5 heteroatoms. The van der Waals surface area contributed by atoms with Crippen LogP contribution in [0.25, 0.3) is 11.3 Å². The predicted molar refractivity (Wildman–Crippen MR) is 81.1 cm³/mol. The molecule has 1 aromatic carbocycles. The normalized spacial score (nSPS) is 10.6. The molecule has 0 saturated carbocycles. The van der Waals surface area contributed by atoms with Crippen LogP contribution >= 0.6 is 0 Å². The van der Waals surface area contributed by atoms with Gasteiger partial charge in [-0.2, -0.15) is 5.10 Å². The van der Waals surface area contributed by atoms with Gasteiger partial charge in [-0.15, -0.1) is 0 Å². The molecular formula is C16H21N3O2. The highest BCUT2D eigenvalue weighted by Gasteiger charge is 2.14. The molecule has 21 heavy (non-hydrogen) atoms. The molecular weight excluding hydrogens is 266 g/mol. The predicted octanol–water partition coefficient (Wildman–Crippen LogP) is 3.25. The second-order valence-corrected chi connectivity index (χ2v) is 5.01. The summed E-state index contributed by atoms with van der Waals surface area (Å²) >= 11 is 0. The van der Waals surface area contributed by atoms with Crippen LogP contribution in [-0.4, -0.2) is 20.9 Å². The lowest BCUT2D eigenvalue weighted by molar-refractivity contribution is 0.0700. The van der Waals surface area contributed by atoms with Crippen molar-refractivity contribution in [3.8, 4) is 11.3 Å². The van der Waals surface area contributed by atoms with E-state index in [1.165, 1.54) is 12.8 Å². The minimum atomic E-state index is -0.584. The third kappa shape index (κ3) is 3.92. The average Bonchev–Trinajstić information content (AvgIpc) is 2.96. The van der Waals surface area contributed by atoms with E-state index in [0.717, 1.165) is 30.6 Å². The van der Waals surface area contributed by atoms with E-state index in [4.69, 9.17) is 5.21 Å². The molecule has 2 aromatic rings. The van der Waals surface area contributed by atoms with E-state index in [1.54, 1.807) is 11.5 Å². The summed E-state index contributed by atoms with van der Waals surface area (Å²) in [6.07, 6.45) is 4.55. The van der Waals surface area contributed by atoms with Gasteiger partial charge in [0.05, 0.1) is 5.69 Å². The Morgan fingerprint density at radius 1 is 1.24 bits per heavy atom. The van der Waals surface area contributed by atoms with Gasteiger partial charge in [0.1, 0.15) is 0 Å². The van der Waals surface area contributed by atoms with Crippen LogP contribution in [0.5, 0.6) is 0 Å². The monoisotopic (exact) mass is 287 g/mol. The smallest absolute Gasteiger partial charge is 0.288 e. The van der Waals surface area contributed by atoms with Crippen molar-refractivity contribution in [2.24, 2.45) is 0 Å². The van der Waals surface area contributed by atoms with Crippen molar-refractivity contribution in [3.63, 3.8) is 0 Å². The number of rotatable bonds is 7. The number of hydroxylamine groups is 1. The van der Waals surface area contributed by atoms with Crippen LogP contribution < -0.4 is 5.48 Å². The second kappa shape index (κ2) is 7.59. The number of amides is 1. The Morgan fingerprint density at radius 3 is 2.67 bits per heavy atom. The highest BCUT2D eigenvalue weighted by molar-refractivity contribution is 5.92. The molecule has 0 fully saturated rings.